The lowest BCUT2D eigenvalue weighted by Gasteiger charge is -2.33. The van der Waals surface area contributed by atoms with Gasteiger partial charge in [-0.1, -0.05) is 23.2 Å². The summed E-state index contributed by atoms with van der Waals surface area (Å²) in [7, 11) is 0. The molecule has 0 atom stereocenters. The van der Waals surface area contributed by atoms with E-state index in [1.165, 1.54) is 16.8 Å². The van der Waals surface area contributed by atoms with E-state index in [1.54, 1.807) is 36.3 Å². The van der Waals surface area contributed by atoms with E-state index in [1.807, 2.05) is 20.8 Å². The minimum Gasteiger partial charge on any atom is -0.444 e. The average molecular weight is 667 g/mol. The zero-order valence-corrected chi connectivity index (χ0v) is 26.0. The Bertz CT molecular complexity index is 1470. The number of pyridine rings is 1. The average Bonchev–Trinajstić information content (AvgIpc) is 3.27. The molecule has 11 nitrogen and oxygen atoms in total. The van der Waals surface area contributed by atoms with Gasteiger partial charge in [-0.25, -0.2) is 19.5 Å². The highest BCUT2D eigenvalue weighted by atomic mass is 79.9. The third-order valence-electron chi connectivity index (χ3n) is 6.11. The summed E-state index contributed by atoms with van der Waals surface area (Å²) in [4.78, 5) is 43.2. The van der Waals surface area contributed by atoms with Crippen molar-refractivity contribution in [1.29, 1.82) is 0 Å². The molecule has 3 amide bonds. The molecule has 0 bridgehead atoms. The molecule has 1 saturated heterocycles. The molecule has 1 fully saturated rings. The van der Waals surface area contributed by atoms with E-state index in [4.69, 9.17) is 27.9 Å². The Morgan fingerprint density at radius 3 is 2.46 bits per heavy atom. The Kier molecular flexibility index (Phi) is 9.58. The van der Waals surface area contributed by atoms with E-state index < -0.39 is 23.5 Å². The Hall–Kier alpha value is -3.19. The fourth-order valence-corrected chi connectivity index (χ4v) is 5.14. The number of piperidine rings is 1. The van der Waals surface area contributed by atoms with Gasteiger partial charge >= 0.3 is 6.09 Å². The van der Waals surface area contributed by atoms with Crippen molar-refractivity contribution in [3.05, 3.63) is 68.0 Å². The van der Waals surface area contributed by atoms with Gasteiger partial charge in [0.1, 0.15) is 15.9 Å². The minimum atomic E-state index is -0.581. The SMILES string of the molecule is Cc1cc(Cl)cc(C(=O)NN2CCC(NC(=O)OC(C)(C)C)CC2)c1NC(=O)c1cc(Br)nn1-c1ncccc1Cl. The molecule has 1 aromatic carbocycles. The van der Waals surface area contributed by atoms with Gasteiger partial charge in [-0.15, -0.1) is 0 Å². The van der Waals surface area contributed by atoms with Crippen molar-refractivity contribution in [3.63, 3.8) is 0 Å². The fraction of sp³-hybridized carbons (Fsp3) is 0.370. The number of nitrogens with zero attached hydrogens (tertiary/aromatic N) is 4. The van der Waals surface area contributed by atoms with Crippen LogP contribution in [-0.2, 0) is 4.74 Å². The summed E-state index contributed by atoms with van der Waals surface area (Å²) in [6.07, 6.45) is 2.31. The quantitative estimate of drug-likeness (QED) is 0.315. The second kappa shape index (κ2) is 12.8. The molecular weight excluding hydrogens is 637 g/mol. The highest BCUT2D eigenvalue weighted by Gasteiger charge is 2.27. The molecule has 4 rings (SSSR count). The van der Waals surface area contributed by atoms with Crippen molar-refractivity contribution in [2.45, 2.75) is 52.2 Å². The van der Waals surface area contributed by atoms with Crippen LogP contribution in [0, 0.1) is 6.92 Å². The maximum atomic E-state index is 13.5. The first-order valence-corrected chi connectivity index (χ1v) is 14.4. The lowest BCUT2D eigenvalue weighted by Crippen LogP contribution is -2.51. The van der Waals surface area contributed by atoms with E-state index in [0.717, 1.165) is 0 Å². The third kappa shape index (κ3) is 7.97. The number of aryl methyl sites for hydroxylation is 1. The van der Waals surface area contributed by atoms with Crippen molar-refractivity contribution >= 4 is 62.7 Å². The predicted molar refractivity (Wildman–Crippen MR) is 160 cm³/mol. The number of carbonyl (C=O) groups excluding carboxylic acids is 3. The van der Waals surface area contributed by atoms with Crippen molar-refractivity contribution in [1.82, 2.24) is 30.5 Å². The van der Waals surface area contributed by atoms with Crippen LogP contribution < -0.4 is 16.1 Å². The maximum Gasteiger partial charge on any atom is 0.407 e. The molecule has 3 heterocycles. The molecule has 0 saturated carbocycles. The first kappa shape index (κ1) is 30.8. The molecule has 14 heteroatoms. The van der Waals surface area contributed by atoms with Crippen molar-refractivity contribution in [3.8, 4) is 5.82 Å². The fourth-order valence-electron chi connectivity index (χ4n) is 4.29. The van der Waals surface area contributed by atoms with Crippen molar-refractivity contribution < 1.29 is 19.1 Å². The molecule has 0 aliphatic carbocycles. The van der Waals surface area contributed by atoms with Crippen LogP contribution in [0.25, 0.3) is 5.82 Å². The number of ether oxygens (including phenoxy) is 1. The third-order valence-corrected chi connectivity index (χ3v) is 7.01. The van der Waals surface area contributed by atoms with Gasteiger partial charge in [0.15, 0.2) is 5.82 Å². The second-order valence-corrected chi connectivity index (χ2v) is 12.2. The molecule has 3 N–H and O–H groups in total. The molecule has 1 aliphatic rings. The molecule has 3 aromatic rings. The van der Waals surface area contributed by atoms with Crippen LogP contribution in [0.15, 0.2) is 41.1 Å². The van der Waals surface area contributed by atoms with E-state index in [2.05, 4.69) is 42.1 Å². The number of carbonyl (C=O) groups is 3. The van der Waals surface area contributed by atoms with Crippen LogP contribution in [-0.4, -0.2) is 62.4 Å². The lowest BCUT2D eigenvalue weighted by molar-refractivity contribution is 0.0451. The molecule has 41 heavy (non-hydrogen) atoms. The normalized spacial score (nSPS) is 14.4. The van der Waals surface area contributed by atoms with E-state index in [-0.39, 0.29) is 23.1 Å². The summed E-state index contributed by atoms with van der Waals surface area (Å²) in [6, 6.07) is 7.93. The molecule has 0 unspecified atom stereocenters. The Morgan fingerprint density at radius 2 is 1.80 bits per heavy atom. The van der Waals surface area contributed by atoms with Crippen molar-refractivity contribution in [2.24, 2.45) is 0 Å². The second-order valence-electron chi connectivity index (χ2n) is 10.5. The van der Waals surface area contributed by atoms with Gasteiger partial charge in [0.2, 0.25) is 0 Å². The van der Waals surface area contributed by atoms with E-state index in [9.17, 15) is 14.4 Å². The topological polar surface area (TPSA) is 130 Å². The first-order chi connectivity index (χ1) is 19.3. The number of amides is 3. The van der Waals surface area contributed by atoms with Crippen LogP contribution in [0.1, 0.15) is 60.0 Å². The number of benzene rings is 1. The van der Waals surface area contributed by atoms with Crippen molar-refractivity contribution in [2.75, 3.05) is 18.4 Å². The zero-order valence-electron chi connectivity index (χ0n) is 22.9. The Labute approximate surface area is 256 Å². The van der Waals surface area contributed by atoms with E-state index >= 15 is 0 Å². The summed E-state index contributed by atoms with van der Waals surface area (Å²) >= 11 is 15.9. The smallest absolute Gasteiger partial charge is 0.407 e. The molecule has 0 spiro atoms. The van der Waals surface area contributed by atoms with E-state index in [0.29, 0.717) is 51.8 Å². The monoisotopic (exact) mass is 665 g/mol. The number of rotatable bonds is 6. The lowest BCUT2D eigenvalue weighted by atomic mass is 10.1. The summed E-state index contributed by atoms with van der Waals surface area (Å²) in [6.45, 7) is 8.18. The molecule has 218 valence electrons. The molecule has 0 radical (unpaired) electrons. The number of hydrogen-bond acceptors (Lipinski definition) is 7. The van der Waals surface area contributed by atoms with Gasteiger partial charge in [-0.2, -0.15) is 5.10 Å². The molecule has 1 aliphatic heterocycles. The highest BCUT2D eigenvalue weighted by Crippen LogP contribution is 2.28. The minimum absolute atomic E-state index is 0.0713. The summed E-state index contributed by atoms with van der Waals surface area (Å²) < 4.78 is 7.05. The summed E-state index contributed by atoms with van der Waals surface area (Å²) in [5.41, 5.74) is 3.55. The van der Waals surface area contributed by atoms with Crippen LogP contribution >= 0.6 is 39.1 Å². The van der Waals surface area contributed by atoms with Gasteiger partial charge < -0.3 is 15.4 Å². The number of hydrogen-bond donors (Lipinski definition) is 3. The van der Waals surface area contributed by atoms with Gasteiger partial charge in [-0.3, -0.25) is 15.0 Å². The number of hydrazine groups is 1. The van der Waals surface area contributed by atoms with Gasteiger partial charge in [0.05, 0.1) is 16.3 Å². The summed E-state index contributed by atoms with van der Waals surface area (Å²) in [5, 5.41) is 12.4. The number of halogens is 3. The Morgan fingerprint density at radius 1 is 1.10 bits per heavy atom. The maximum absolute atomic E-state index is 13.5. The number of alkyl carbamates (subject to hydrolysis) is 1. The van der Waals surface area contributed by atoms with Crippen LogP contribution in [0.5, 0.6) is 0 Å². The predicted octanol–water partition coefficient (Wildman–Crippen LogP) is 5.53. The number of anilines is 1. The van der Waals surface area contributed by atoms with Crippen LogP contribution in [0.3, 0.4) is 0 Å². The zero-order chi connectivity index (χ0) is 29.9. The van der Waals surface area contributed by atoms with Gasteiger partial charge in [-0.05, 0) is 86.3 Å². The Balaban J connectivity index is 1.47. The van der Waals surface area contributed by atoms with Gasteiger partial charge in [0.25, 0.3) is 11.8 Å². The number of nitrogens with one attached hydrogen (secondary N) is 3. The van der Waals surface area contributed by atoms with Gasteiger partial charge in [0, 0.05) is 36.4 Å². The highest BCUT2D eigenvalue weighted by molar-refractivity contribution is 9.10. The number of aromatic nitrogens is 3. The van der Waals surface area contributed by atoms with Crippen LogP contribution in [0.2, 0.25) is 10.0 Å². The summed E-state index contributed by atoms with van der Waals surface area (Å²) in [5.74, 6) is -0.689. The standard InChI is InChI=1S/C27H30BrCl2N7O4/c1-15-12-16(29)13-18(24(38)35-36-10-7-17(8-11-36)32-26(40)41-27(2,3)4)22(15)33-25(39)20-14-21(28)34-37(20)23-19(30)6-5-9-31-23/h5-6,9,12-14,17H,7-8,10-11H2,1-4H3,(H,32,40)(H,33,39)(H,35,38). The molecule has 2 aromatic heterocycles. The van der Waals surface area contributed by atoms with Crippen LogP contribution in [0.4, 0.5) is 10.5 Å². The largest absolute Gasteiger partial charge is 0.444 e. The molecular formula is C27H30BrCl2N7O4. The first-order valence-electron chi connectivity index (χ1n) is 12.8.